The Balaban J connectivity index is 3.06. The van der Waals surface area contributed by atoms with Gasteiger partial charge >= 0.3 is 0 Å². The van der Waals surface area contributed by atoms with Crippen LogP contribution in [0.5, 0.6) is 5.75 Å². The van der Waals surface area contributed by atoms with E-state index in [1.165, 1.54) is 0 Å². The quantitative estimate of drug-likeness (QED) is 0.808. The molecule has 0 bridgehead atoms. The summed E-state index contributed by atoms with van der Waals surface area (Å²) in [6.07, 6.45) is -0.506. The van der Waals surface area contributed by atoms with E-state index in [4.69, 9.17) is 4.74 Å². The molecule has 3 heteroatoms. The van der Waals surface area contributed by atoms with Crippen molar-refractivity contribution in [2.45, 2.75) is 43.9 Å². The maximum absolute atomic E-state index is 9.87. The van der Waals surface area contributed by atoms with Gasteiger partial charge < -0.3 is 9.84 Å². The summed E-state index contributed by atoms with van der Waals surface area (Å²) in [5, 5.41) is 10.4. The number of methoxy groups -OCH3 is 1. The Morgan fingerprint density at radius 2 is 1.82 bits per heavy atom. The molecule has 0 aliphatic rings. The van der Waals surface area contributed by atoms with Gasteiger partial charge in [-0.3, -0.25) is 0 Å². The van der Waals surface area contributed by atoms with E-state index in [-0.39, 0.29) is 0 Å². The highest BCUT2D eigenvalue weighted by atomic mass is 32.2. The molecular weight excluding hydrogens is 232 g/mol. The van der Waals surface area contributed by atoms with Crippen molar-refractivity contribution in [3.63, 3.8) is 0 Å². The molecule has 0 saturated carbocycles. The zero-order valence-electron chi connectivity index (χ0n) is 11.2. The van der Waals surface area contributed by atoms with Crippen molar-refractivity contribution >= 4 is 11.8 Å². The minimum Gasteiger partial charge on any atom is -0.496 e. The maximum Gasteiger partial charge on any atom is 0.125 e. The first kappa shape index (κ1) is 14.4. The van der Waals surface area contributed by atoms with E-state index in [2.05, 4.69) is 20.8 Å². The van der Waals surface area contributed by atoms with Gasteiger partial charge in [-0.2, -0.15) is 0 Å². The molecule has 1 N–H and O–H groups in total. The number of ether oxygens (including phenoxy) is 1. The number of aliphatic hydroxyl groups is 1. The zero-order valence-corrected chi connectivity index (χ0v) is 12.0. The second-order valence-corrected chi connectivity index (χ2v) is 6.03. The van der Waals surface area contributed by atoms with Crippen molar-refractivity contribution in [1.82, 2.24) is 0 Å². The summed E-state index contributed by atoms with van der Waals surface area (Å²) in [5.41, 5.74) is 0.896. The third kappa shape index (κ3) is 3.65. The molecule has 1 rings (SSSR count). The van der Waals surface area contributed by atoms with Crippen LogP contribution in [0.2, 0.25) is 0 Å². The lowest BCUT2D eigenvalue weighted by Gasteiger charge is -2.20. The van der Waals surface area contributed by atoms with E-state index >= 15 is 0 Å². The third-order valence-corrected chi connectivity index (χ3v) is 4.44. The van der Waals surface area contributed by atoms with Crippen LogP contribution in [0.25, 0.3) is 0 Å². The topological polar surface area (TPSA) is 29.5 Å². The predicted octanol–water partition coefficient (Wildman–Crippen LogP) is 3.89. The van der Waals surface area contributed by atoms with Crippen molar-refractivity contribution in [3.05, 3.63) is 23.8 Å². The second kappa shape index (κ2) is 6.31. The molecule has 96 valence electrons. The van der Waals surface area contributed by atoms with E-state index in [1.807, 2.05) is 18.2 Å². The van der Waals surface area contributed by atoms with Gasteiger partial charge in [-0.25, -0.2) is 0 Å². The van der Waals surface area contributed by atoms with Crippen LogP contribution in [0.3, 0.4) is 0 Å². The normalized spacial score (nSPS) is 14.8. The molecule has 17 heavy (non-hydrogen) atoms. The van der Waals surface area contributed by atoms with Crippen LogP contribution >= 0.6 is 11.8 Å². The van der Waals surface area contributed by atoms with Gasteiger partial charge in [0.25, 0.3) is 0 Å². The number of thioether (sulfide) groups is 1. The lowest BCUT2D eigenvalue weighted by molar-refractivity contribution is 0.191. The van der Waals surface area contributed by atoms with Gasteiger partial charge in [0.15, 0.2) is 0 Å². The molecule has 1 aromatic rings. The molecule has 0 aromatic heterocycles. The Morgan fingerprint density at radius 1 is 1.18 bits per heavy atom. The fourth-order valence-corrected chi connectivity index (χ4v) is 2.78. The van der Waals surface area contributed by atoms with Gasteiger partial charge in [-0.1, -0.05) is 26.8 Å². The molecule has 0 aliphatic carbocycles. The number of benzene rings is 1. The van der Waals surface area contributed by atoms with E-state index in [0.29, 0.717) is 11.2 Å². The van der Waals surface area contributed by atoms with Crippen molar-refractivity contribution in [3.8, 4) is 5.75 Å². The fourth-order valence-electron chi connectivity index (χ4n) is 1.55. The van der Waals surface area contributed by atoms with E-state index < -0.39 is 6.10 Å². The van der Waals surface area contributed by atoms with Gasteiger partial charge in [0.05, 0.1) is 13.2 Å². The van der Waals surface area contributed by atoms with Crippen LogP contribution in [0.1, 0.15) is 39.4 Å². The van der Waals surface area contributed by atoms with Crippen molar-refractivity contribution < 1.29 is 9.84 Å². The van der Waals surface area contributed by atoms with Gasteiger partial charge in [-0.15, -0.1) is 11.8 Å². The highest BCUT2D eigenvalue weighted by molar-refractivity contribution is 8.00. The van der Waals surface area contributed by atoms with Gasteiger partial charge in [-0.05, 0) is 25.0 Å². The first-order valence-electron chi connectivity index (χ1n) is 5.99. The molecule has 0 saturated heterocycles. The highest BCUT2D eigenvalue weighted by Gasteiger charge is 2.17. The monoisotopic (exact) mass is 254 g/mol. The first-order chi connectivity index (χ1) is 7.97. The van der Waals surface area contributed by atoms with Crippen molar-refractivity contribution in [2.75, 3.05) is 7.11 Å². The smallest absolute Gasteiger partial charge is 0.125 e. The minimum atomic E-state index is -0.506. The number of aliphatic hydroxyl groups excluding tert-OH is 1. The molecule has 1 aromatic carbocycles. The van der Waals surface area contributed by atoms with Crippen LogP contribution in [0, 0.1) is 5.92 Å². The Morgan fingerprint density at radius 3 is 2.29 bits per heavy atom. The average Bonchev–Trinajstić information content (AvgIpc) is 2.27. The molecule has 0 amide bonds. The van der Waals surface area contributed by atoms with Crippen LogP contribution < -0.4 is 4.74 Å². The van der Waals surface area contributed by atoms with E-state index in [1.54, 1.807) is 25.8 Å². The van der Waals surface area contributed by atoms with Crippen LogP contribution in [0.4, 0.5) is 0 Å². The number of hydrogen-bond acceptors (Lipinski definition) is 3. The SMILES string of the molecule is COc1cccc(SC(C)C(C)C)c1C(C)O. The Kier molecular flexibility index (Phi) is 5.34. The Hall–Kier alpha value is -0.670. The van der Waals surface area contributed by atoms with E-state index in [9.17, 15) is 5.11 Å². The second-order valence-electron chi connectivity index (χ2n) is 4.62. The van der Waals surface area contributed by atoms with Crippen LogP contribution in [-0.4, -0.2) is 17.5 Å². The lowest BCUT2D eigenvalue weighted by Crippen LogP contribution is -2.07. The van der Waals surface area contributed by atoms with Crippen LogP contribution in [-0.2, 0) is 0 Å². The molecule has 0 fully saturated rings. The largest absolute Gasteiger partial charge is 0.496 e. The third-order valence-electron chi connectivity index (χ3n) is 2.92. The molecule has 0 radical (unpaired) electrons. The fraction of sp³-hybridized carbons (Fsp3) is 0.571. The van der Waals surface area contributed by atoms with Gasteiger partial charge in [0.1, 0.15) is 5.75 Å². The first-order valence-corrected chi connectivity index (χ1v) is 6.87. The summed E-state index contributed by atoms with van der Waals surface area (Å²) in [4.78, 5) is 1.11. The summed E-state index contributed by atoms with van der Waals surface area (Å²) in [5.74, 6) is 1.37. The molecule has 0 heterocycles. The standard InChI is InChI=1S/C14H22O2S/c1-9(2)11(4)17-13-8-6-7-12(16-5)14(13)10(3)15/h6-11,15H,1-5H3. The lowest BCUT2D eigenvalue weighted by atomic mass is 10.1. The van der Waals surface area contributed by atoms with Gasteiger partial charge in [0, 0.05) is 15.7 Å². The minimum absolute atomic E-state index is 0.506. The van der Waals surface area contributed by atoms with Crippen LogP contribution in [0.15, 0.2) is 23.1 Å². The van der Waals surface area contributed by atoms with Crippen molar-refractivity contribution in [2.24, 2.45) is 5.92 Å². The van der Waals surface area contributed by atoms with Crippen molar-refractivity contribution in [1.29, 1.82) is 0 Å². The molecule has 2 nitrogen and oxygen atoms in total. The Bertz CT molecular complexity index is 361. The molecular formula is C14H22O2S. The predicted molar refractivity (Wildman–Crippen MR) is 73.8 cm³/mol. The average molecular weight is 254 g/mol. The zero-order chi connectivity index (χ0) is 13.0. The summed E-state index contributed by atoms with van der Waals surface area (Å²) in [6.45, 7) is 8.41. The maximum atomic E-state index is 9.87. The molecule has 0 aliphatic heterocycles. The molecule has 2 unspecified atom stereocenters. The number of hydrogen-bond donors (Lipinski definition) is 1. The molecule has 2 atom stereocenters. The number of rotatable bonds is 5. The summed E-state index contributed by atoms with van der Waals surface area (Å²) < 4.78 is 5.32. The summed E-state index contributed by atoms with van der Waals surface area (Å²) in [6, 6.07) is 5.92. The Labute approximate surface area is 108 Å². The summed E-state index contributed by atoms with van der Waals surface area (Å²) >= 11 is 1.80. The van der Waals surface area contributed by atoms with E-state index in [0.717, 1.165) is 16.2 Å². The molecule has 0 spiro atoms. The highest BCUT2D eigenvalue weighted by Crippen LogP contribution is 2.38. The van der Waals surface area contributed by atoms with Gasteiger partial charge in [0.2, 0.25) is 0 Å². The summed E-state index contributed by atoms with van der Waals surface area (Å²) in [7, 11) is 1.64.